The number of ether oxygens (including phenoxy) is 2. The van der Waals surface area contributed by atoms with Crippen LogP contribution in [-0.4, -0.2) is 19.6 Å². The summed E-state index contributed by atoms with van der Waals surface area (Å²) in [4.78, 5) is 11.7. The van der Waals surface area contributed by atoms with Crippen LogP contribution in [0.3, 0.4) is 0 Å². The van der Waals surface area contributed by atoms with Gasteiger partial charge in [0, 0.05) is 6.08 Å². The highest BCUT2D eigenvalue weighted by Crippen LogP contribution is 2.28. The van der Waals surface area contributed by atoms with Gasteiger partial charge in [-0.05, 0) is 42.8 Å². The third-order valence-corrected chi connectivity index (χ3v) is 2.93. The molecule has 0 spiro atoms. The summed E-state index contributed by atoms with van der Waals surface area (Å²) < 4.78 is 15.9. The van der Waals surface area contributed by atoms with Crippen LogP contribution in [0.2, 0.25) is 0 Å². The van der Waals surface area contributed by atoms with Gasteiger partial charge in [-0.3, -0.25) is 4.79 Å². The monoisotopic (exact) mass is 301 g/mol. The first-order valence-electron chi connectivity index (χ1n) is 7.02. The first-order valence-corrected chi connectivity index (χ1v) is 7.02. The fourth-order valence-electron chi connectivity index (χ4n) is 1.88. The molecule has 116 valence electrons. The minimum Gasteiger partial charge on any atom is -0.493 e. The van der Waals surface area contributed by atoms with Gasteiger partial charge in [0.25, 0.3) is 0 Å². The largest absolute Gasteiger partial charge is 0.493 e. The first-order chi connectivity index (χ1) is 10.7. The smallest absolute Gasteiger partial charge is 0.244 e. The molecule has 0 atom stereocenters. The SMILES string of the molecule is CCOc1ccc(/C=C/C(=O)NCc2ccco2)cc1OC. The van der Waals surface area contributed by atoms with E-state index in [1.54, 1.807) is 31.6 Å². The lowest BCUT2D eigenvalue weighted by Gasteiger charge is -2.09. The molecule has 0 aliphatic heterocycles. The Morgan fingerprint density at radius 2 is 2.18 bits per heavy atom. The molecule has 2 aromatic rings. The van der Waals surface area contributed by atoms with E-state index < -0.39 is 0 Å². The fourth-order valence-corrected chi connectivity index (χ4v) is 1.88. The molecular formula is C17H19NO4. The Balaban J connectivity index is 1.95. The molecule has 0 saturated heterocycles. The lowest BCUT2D eigenvalue weighted by molar-refractivity contribution is -0.116. The summed E-state index contributed by atoms with van der Waals surface area (Å²) in [6.07, 6.45) is 4.76. The zero-order chi connectivity index (χ0) is 15.8. The van der Waals surface area contributed by atoms with Gasteiger partial charge in [-0.25, -0.2) is 0 Å². The van der Waals surface area contributed by atoms with Crippen molar-refractivity contribution in [1.82, 2.24) is 5.32 Å². The van der Waals surface area contributed by atoms with Crippen molar-refractivity contribution >= 4 is 12.0 Å². The molecule has 5 heteroatoms. The molecular weight excluding hydrogens is 282 g/mol. The standard InChI is InChI=1S/C17H19NO4/c1-3-21-15-8-6-13(11-16(15)20-2)7-9-17(19)18-12-14-5-4-10-22-14/h4-11H,3,12H2,1-2H3,(H,18,19)/b9-7+. The van der Waals surface area contributed by atoms with Crippen LogP contribution in [0, 0.1) is 0 Å². The molecule has 1 amide bonds. The minimum absolute atomic E-state index is 0.191. The maximum atomic E-state index is 11.7. The zero-order valence-corrected chi connectivity index (χ0v) is 12.7. The van der Waals surface area contributed by atoms with E-state index in [4.69, 9.17) is 13.9 Å². The van der Waals surface area contributed by atoms with Crippen molar-refractivity contribution in [3.05, 3.63) is 54.0 Å². The van der Waals surface area contributed by atoms with E-state index in [1.165, 1.54) is 6.08 Å². The van der Waals surface area contributed by atoms with Gasteiger partial charge in [0.15, 0.2) is 11.5 Å². The Hall–Kier alpha value is -2.69. The normalized spacial score (nSPS) is 10.6. The summed E-state index contributed by atoms with van der Waals surface area (Å²) in [5, 5.41) is 2.74. The van der Waals surface area contributed by atoms with Gasteiger partial charge in [-0.15, -0.1) is 0 Å². The number of carbonyl (C=O) groups excluding carboxylic acids is 1. The highest BCUT2D eigenvalue weighted by Gasteiger charge is 2.04. The molecule has 0 unspecified atom stereocenters. The quantitative estimate of drug-likeness (QED) is 0.799. The van der Waals surface area contributed by atoms with E-state index in [0.717, 1.165) is 5.56 Å². The van der Waals surface area contributed by atoms with Crippen molar-refractivity contribution in [3.63, 3.8) is 0 Å². The number of benzene rings is 1. The van der Waals surface area contributed by atoms with Crippen LogP contribution >= 0.6 is 0 Å². The summed E-state index contributed by atoms with van der Waals surface area (Å²) in [6.45, 7) is 2.85. The Labute approximate surface area is 129 Å². The molecule has 0 saturated carbocycles. The molecule has 0 aliphatic rings. The van der Waals surface area contributed by atoms with E-state index in [9.17, 15) is 4.79 Å². The molecule has 22 heavy (non-hydrogen) atoms. The van der Waals surface area contributed by atoms with Crippen molar-refractivity contribution in [3.8, 4) is 11.5 Å². The van der Waals surface area contributed by atoms with Crippen LogP contribution in [0.1, 0.15) is 18.2 Å². The fraction of sp³-hybridized carbons (Fsp3) is 0.235. The molecule has 0 radical (unpaired) electrons. The highest BCUT2D eigenvalue weighted by atomic mass is 16.5. The Bertz CT molecular complexity index is 632. The number of hydrogen-bond donors (Lipinski definition) is 1. The Kier molecular flexibility index (Phi) is 5.65. The van der Waals surface area contributed by atoms with E-state index in [1.807, 2.05) is 25.1 Å². The lowest BCUT2D eigenvalue weighted by atomic mass is 10.2. The van der Waals surface area contributed by atoms with Crippen molar-refractivity contribution in [2.75, 3.05) is 13.7 Å². The number of furan rings is 1. The van der Waals surface area contributed by atoms with Gasteiger partial charge in [-0.1, -0.05) is 6.07 Å². The number of rotatable bonds is 7. The van der Waals surface area contributed by atoms with Crippen LogP contribution in [0.4, 0.5) is 0 Å². The second-order valence-electron chi connectivity index (χ2n) is 4.47. The Morgan fingerprint density at radius 3 is 2.86 bits per heavy atom. The summed E-state index contributed by atoms with van der Waals surface area (Å²) in [7, 11) is 1.58. The first kappa shape index (κ1) is 15.7. The summed E-state index contributed by atoms with van der Waals surface area (Å²) >= 11 is 0. The topological polar surface area (TPSA) is 60.7 Å². The van der Waals surface area contributed by atoms with Crippen LogP contribution in [0.15, 0.2) is 47.1 Å². The van der Waals surface area contributed by atoms with Gasteiger partial charge in [-0.2, -0.15) is 0 Å². The second-order valence-corrected chi connectivity index (χ2v) is 4.47. The summed E-state index contributed by atoms with van der Waals surface area (Å²) in [6, 6.07) is 9.10. The predicted molar refractivity (Wildman–Crippen MR) is 83.8 cm³/mol. The number of nitrogens with one attached hydrogen (secondary N) is 1. The molecule has 2 rings (SSSR count). The third kappa shape index (κ3) is 4.41. The van der Waals surface area contributed by atoms with Crippen molar-refractivity contribution in [1.29, 1.82) is 0 Å². The second kappa shape index (κ2) is 7.93. The van der Waals surface area contributed by atoms with Gasteiger partial charge < -0.3 is 19.2 Å². The van der Waals surface area contributed by atoms with Gasteiger partial charge in [0.2, 0.25) is 5.91 Å². The summed E-state index contributed by atoms with van der Waals surface area (Å²) in [5.74, 6) is 1.85. The van der Waals surface area contributed by atoms with Crippen LogP contribution < -0.4 is 14.8 Å². The van der Waals surface area contributed by atoms with E-state index in [-0.39, 0.29) is 5.91 Å². The van der Waals surface area contributed by atoms with E-state index in [2.05, 4.69) is 5.32 Å². The number of carbonyl (C=O) groups is 1. The molecule has 0 fully saturated rings. The van der Waals surface area contributed by atoms with Gasteiger partial charge in [0.05, 0.1) is 26.5 Å². The average Bonchev–Trinajstić information content (AvgIpc) is 3.05. The van der Waals surface area contributed by atoms with E-state index in [0.29, 0.717) is 30.4 Å². The van der Waals surface area contributed by atoms with Crippen molar-refractivity contribution < 1.29 is 18.7 Å². The van der Waals surface area contributed by atoms with Crippen molar-refractivity contribution in [2.45, 2.75) is 13.5 Å². The number of amides is 1. The maximum Gasteiger partial charge on any atom is 0.244 e. The summed E-state index contributed by atoms with van der Waals surface area (Å²) in [5.41, 5.74) is 0.855. The minimum atomic E-state index is -0.191. The maximum absolute atomic E-state index is 11.7. The van der Waals surface area contributed by atoms with E-state index >= 15 is 0 Å². The number of methoxy groups -OCH3 is 1. The molecule has 1 aromatic heterocycles. The molecule has 0 bridgehead atoms. The van der Waals surface area contributed by atoms with Crippen LogP contribution in [0.5, 0.6) is 11.5 Å². The average molecular weight is 301 g/mol. The van der Waals surface area contributed by atoms with Crippen LogP contribution in [0.25, 0.3) is 6.08 Å². The van der Waals surface area contributed by atoms with Gasteiger partial charge in [0.1, 0.15) is 5.76 Å². The van der Waals surface area contributed by atoms with Crippen LogP contribution in [-0.2, 0) is 11.3 Å². The molecule has 1 N–H and O–H groups in total. The lowest BCUT2D eigenvalue weighted by Crippen LogP contribution is -2.19. The molecule has 5 nitrogen and oxygen atoms in total. The van der Waals surface area contributed by atoms with Crippen molar-refractivity contribution in [2.24, 2.45) is 0 Å². The number of hydrogen-bond acceptors (Lipinski definition) is 4. The molecule has 1 heterocycles. The molecule has 0 aliphatic carbocycles. The molecule has 1 aromatic carbocycles. The van der Waals surface area contributed by atoms with Gasteiger partial charge >= 0.3 is 0 Å². The zero-order valence-electron chi connectivity index (χ0n) is 12.7. The third-order valence-electron chi connectivity index (χ3n) is 2.93. The highest BCUT2D eigenvalue weighted by molar-refractivity contribution is 5.91. The predicted octanol–water partition coefficient (Wildman–Crippen LogP) is 3.02. The Morgan fingerprint density at radius 1 is 1.32 bits per heavy atom.